The summed E-state index contributed by atoms with van der Waals surface area (Å²) in [5.74, 6) is 0. The smallest absolute Gasteiger partial charge is 0.0380 e. The highest BCUT2D eigenvalue weighted by molar-refractivity contribution is 7.13. The molecule has 1 fully saturated rings. The maximum atomic E-state index is 2.82. The van der Waals surface area contributed by atoms with Crippen molar-refractivity contribution in [1.82, 2.24) is 4.67 Å². The molecule has 0 aromatic heterocycles. The number of benzene rings is 1. The first-order valence-corrected chi connectivity index (χ1v) is 4.96. The molecule has 2 rings (SSSR count). The van der Waals surface area contributed by atoms with Gasteiger partial charge in [0.2, 0.25) is 0 Å². The average Bonchev–Trinajstić information content (AvgIpc) is 2.53. The zero-order valence-corrected chi connectivity index (χ0v) is 8.26. The molecule has 1 aliphatic rings. The van der Waals surface area contributed by atoms with Gasteiger partial charge in [-0.15, -0.1) is 0 Å². The summed E-state index contributed by atoms with van der Waals surface area (Å²) in [6.07, 6.45) is 2.62. The fourth-order valence-corrected chi connectivity index (χ4v) is 2.33. The summed E-state index contributed by atoms with van der Waals surface area (Å²) in [6, 6.07) is 11.4. The van der Waals surface area contributed by atoms with E-state index in [9.17, 15) is 0 Å². The van der Waals surface area contributed by atoms with Crippen molar-refractivity contribution in [2.45, 2.75) is 18.9 Å². The average molecular weight is 179 g/mol. The van der Waals surface area contributed by atoms with E-state index in [1.54, 1.807) is 0 Å². The van der Waals surface area contributed by atoms with Crippen LogP contribution in [-0.4, -0.2) is 11.2 Å². The number of hydrogen-bond donors (Lipinski definition) is 0. The number of rotatable bonds is 1. The Hall–Kier alpha value is -0.390. The third kappa shape index (κ3) is 1.53. The van der Waals surface area contributed by atoms with E-state index >= 15 is 0 Å². The molecule has 1 aromatic carbocycles. The minimum Gasteiger partial charge on any atom is -0.280 e. The van der Waals surface area contributed by atoms with E-state index in [4.69, 9.17) is 0 Å². The van der Waals surface area contributed by atoms with Crippen molar-refractivity contribution < 1.29 is 0 Å². The Kier molecular flexibility index (Phi) is 2.43. The van der Waals surface area contributed by atoms with Crippen LogP contribution in [0.5, 0.6) is 0 Å². The molecule has 2 unspecified atom stereocenters. The Bertz CT molecular complexity index is 247. The lowest BCUT2D eigenvalue weighted by atomic mass is 10.1. The van der Waals surface area contributed by atoms with E-state index in [1.807, 2.05) is 0 Å². The normalized spacial score (nSPS) is 24.6. The van der Waals surface area contributed by atoms with Crippen LogP contribution in [0.2, 0.25) is 0 Å². The second kappa shape index (κ2) is 3.55. The van der Waals surface area contributed by atoms with E-state index in [1.165, 1.54) is 24.9 Å². The van der Waals surface area contributed by atoms with Crippen molar-refractivity contribution in [3.8, 4) is 0 Å². The van der Waals surface area contributed by atoms with Crippen LogP contribution in [0, 0.1) is 0 Å². The van der Waals surface area contributed by atoms with Gasteiger partial charge in [0.05, 0.1) is 0 Å². The summed E-state index contributed by atoms with van der Waals surface area (Å²) in [6.45, 7) is 1.21. The van der Waals surface area contributed by atoms with Crippen LogP contribution in [0.25, 0.3) is 0 Å². The molecule has 12 heavy (non-hydrogen) atoms. The molecular weight excluding hydrogens is 165 g/mol. The maximum Gasteiger partial charge on any atom is 0.0380 e. The quantitative estimate of drug-likeness (QED) is 0.599. The molecule has 0 amide bonds. The second-order valence-corrected chi connectivity index (χ2v) is 3.97. The van der Waals surface area contributed by atoms with Crippen LogP contribution in [-0.2, 0) is 0 Å². The molecule has 0 saturated carbocycles. The van der Waals surface area contributed by atoms with Crippen LogP contribution < -0.4 is 0 Å². The number of nitrogens with zero attached hydrogens (tertiary/aromatic N) is 1. The first-order valence-electron chi connectivity index (χ1n) is 4.44. The molecule has 1 heterocycles. The van der Waals surface area contributed by atoms with Gasteiger partial charge in [-0.25, -0.2) is 0 Å². The van der Waals surface area contributed by atoms with Gasteiger partial charge in [0.25, 0.3) is 0 Å². The molecular formula is C10H14NP. The van der Waals surface area contributed by atoms with Gasteiger partial charge in [0.1, 0.15) is 0 Å². The minimum atomic E-state index is 0.635. The van der Waals surface area contributed by atoms with E-state index < -0.39 is 0 Å². The largest absolute Gasteiger partial charge is 0.280 e. The van der Waals surface area contributed by atoms with Crippen molar-refractivity contribution in [2.24, 2.45) is 0 Å². The molecule has 2 heteroatoms. The topological polar surface area (TPSA) is 3.24 Å². The van der Waals surface area contributed by atoms with E-state index in [0.29, 0.717) is 6.04 Å². The molecule has 0 radical (unpaired) electrons. The summed E-state index contributed by atoms with van der Waals surface area (Å²) in [5, 5.41) is 0. The van der Waals surface area contributed by atoms with E-state index in [-0.39, 0.29) is 0 Å². The Morgan fingerprint density at radius 1 is 1.25 bits per heavy atom. The molecule has 64 valence electrons. The van der Waals surface area contributed by atoms with Gasteiger partial charge < -0.3 is 0 Å². The molecule has 1 nitrogen and oxygen atoms in total. The molecule has 0 aliphatic carbocycles. The highest BCUT2D eigenvalue weighted by Crippen LogP contribution is 2.33. The Labute approximate surface area is 76.0 Å². The first kappa shape index (κ1) is 8.22. The summed E-state index contributed by atoms with van der Waals surface area (Å²) in [5.41, 5.74) is 1.45. The summed E-state index contributed by atoms with van der Waals surface area (Å²) < 4.78 is 2.36. The summed E-state index contributed by atoms with van der Waals surface area (Å²) in [4.78, 5) is 0. The minimum absolute atomic E-state index is 0.635. The van der Waals surface area contributed by atoms with Crippen LogP contribution in [0.15, 0.2) is 30.3 Å². The fourth-order valence-electron chi connectivity index (χ4n) is 1.82. The van der Waals surface area contributed by atoms with Gasteiger partial charge >= 0.3 is 0 Å². The monoisotopic (exact) mass is 179 g/mol. The molecule has 0 bridgehead atoms. The first-order chi connectivity index (χ1) is 5.88. The lowest BCUT2D eigenvalue weighted by Crippen LogP contribution is -2.10. The summed E-state index contributed by atoms with van der Waals surface area (Å²) in [7, 11) is 2.82. The molecule has 0 spiro atoms. The fraction of sp³-hybridized carbons (Fsp3) is 0.400. The Morgan fingerprint density at radius 2 is 2.00 bits per heavy atom. The molecule has 1 saturated heterocycles. The maximum absolute atomic E-state index is 2.82. The van der Waals surface area contributed by atoms with Gasteiger partial charge in [-0.1, -0.05) is 39.7 Å². The molecule has 1 aromatic rings. The second-order valence-electron chi connectivity index (χ2n) is 3.31. The highest BCUT2D eigenvalue weighted by Gasteiger charge is 2.21. The zero-order valence-electron chi connectivity index (χ0n) is 7.11. The lowest BCUT2D eigenvalue weighted by Gasteiger charge is -2.18. The van der Waals surface area contributed by atoms with Crippen LogP contribution in [0.1, 0.15) is 24.4 Å². The van der Waals surface area contributed by atoms with Crippen molar-refractivity contribution in [1.29, 1.82) is 0 Å². The van der Waals surface area contributed by atoms with E-state index in [0.717, 1.165) is 0 Å². The van der Waals surface area contributed by atoms with Gasteiger partial charge in [0, 0.05) is 12.6 Å². The van der Waals surface area contributed by atoms with Gasteiger partial charge in [0.15, 0.2) is 0 Å². The Balaban J connectivity index is 2.19. The standard InChI is InChI=1S/C10H14NP/c12-11-8-4-7-10(11)9-5-2-1-3-6-9/h1-3,5-6,10H,4,7-8,12H2. The van der Waals surface area contributed by atoms with E-state index in [2.05, 4.69) is 44.4 Å². The van der Waals surface area contributed by atoms with Crippen molar-refractivity contribution in [2.75, 3.05) is 6.54 Å². The highest BCUT2D eigenvalue weighted by atomic mass is 31.0. The van der Waals surface area contributed by atoms with Gasteiger partial charge in [-0.3, -0.25) is 4.67 Å². The van der Waals surface area contributed by atoms with Gasteiger partial charge in [-0.05, 0) is 18.4 Å². The zero-order chi connectivity index (χ0) is 8.39. The van der Waals surface area contributed by atoms with Crippen LogP contribution in [0.4, 0.5) is 0 Å². The van der Waals surface area contributed by atoms with Crippen molar-refractivity contribution in [3.63, 3.8) is 0 Å². The predicted molar refractivity (Wildman–Crippen MR) is 54.8 cm³/mol. The summed E-state index contributed by atoms with van der Waals surface area (Å²) >= 11 is 0. The molecule has 0 N–H and O–H groups in total. The Morgan fingerprint density at radius 3 is 2.58 bits per heavy atom. The third-order valence-electron chi connectivity index (χ3n) is 2.48. The van der Waals surface area contributed by atoms with Crippen molar-refractivity contribution in [3.05, 3.63) is 35.9 Å². The number of hydrogen-bond acceptors (Lipinski definition) is 1. The lowest BCUT2D eigenvalue weighted by molar-refractivity contribution is 0.451. The third-order valence-corrected chi connectivity index (χ3v) is 3.10. The molecule has 2 atom stereocenters. The SMILES string of the molecule is PN1CCCC1c1ccccc1. The van der Waals surface area contributed by atoms with Crippen LogP contribution in [0.3, 0.4) is 0 Å². The van der Waals surface area contributed by atoms with Gasteiger partial charge in [-0.2, -0.15) is 0 Å². The van der Waals surface area contributed by atoms with Crippen molar-refractivity contribution >= 4 is 9.39 Å². The van der Waals surface area contributed by atoms with Crippen LogP contribution >= 0.6 is 9.39 Å². The predicted octanol–water partition coefficient (Wildman–Crippen LogP) is 2.61. The molecule has 1 aliphatic heterocycles.